The Hall–Kier alpha value is -1.02. The largest absolute Gasteiger partial charge is 0.325 e. The van der Waals surface area contributed by atoms with Gasteiger partial charge in [-0.25, -0.2) is 4.98 Å². The fraction of sp³-hybridized carbons (Fsp3) is 0.611. The molecule has 0 spiro atoms. The fourth-order valence-electron chi connectivity index (χ4n) is 4.05. The van der Waals surface area contributed by atoms with Crippen molar-refractivity contribution in [3.8, 4) is 0 Å². The van der Waals surface area contributed by atoms with Crippen molar-refractivity contribution in [2.24, 2.45) is 11.8 Å². The summed E-state index contributed by atoms with van der Waals surface area (Å²) >= 11 is 6.01. The normalized spacial score (nSPS) is 25.8. The number of rotatable bonds is 4. The zero-order valence-electron chi connectivity index (χ0n) is 13.3. The number of imidazole rings is 1. The molecule has 0 aliphatic heterocycles. The van der Waals surface area contributed by atoms with Gasteiger partial charge in [0.1, 0.15) is 5.82 Å². The maximum atomic E-state index is 6.01. The van der Waals surface area contributed by atoms with E-state index in [1.54, 1.807) is 0 Å². The minimum absolute atomic E-state index is 0.584. The maximum absolute atomic E-state index is 6.01. The molecule has 1 aromatic heterocycles. The van der Waals surface area contributed by atoms with Crippen molar-refractivity contribution in [1.82, 2.24) is 9.55 Å². The highest BCUT2D eigenvalue weighted by molar-refractivity contribution is 6.17. The summed E-state index contributed by atoms with van der Waals surface area (Å²) in [4.78, 5) is 4.87. The van der Waals surface area contributed by atoms with Gasteiger partial charge in [0.25, 0.3) is 0 Å². The molecule has 3 rings (SSSR count). The smallest absolute Gasteiger partial charge is 0.111 e. The van der Waals surface area contributed by atoms with Crippen molar-refractivity contribution in [2.45, 2.75) is 52.5 Å². The lowest BCUT2D eigenvalue weighted by Gasteiger charge is -2.23. The third kappa shape index (κ3) is 2.59. The molecule has 114 valence electrons. The first kappa shape index (κ1) is 14.9. The van der Waals surface area contributed by atoms with E-state index in [4.69, 9.17) is 16.6 Å². The number of aryl methyl sites for hydroxylation is 2. The van der Waals surface area contributed by atoms with E-state index >= 15 is 0 Å². The Morgan fingerprint density at radius 2 is 2.14 bits per heavy atom. The highest BCUT2D eigenvalue weighted by Crippen LogP contribution is 2.43. The molecule has 1 heterocycles. The number of halogens is 1. The fourth-order valence-corrected chi connectivity index (χ4v) is 4.22. The average Bonchev–Trinajstić information content (AvgIpc) is 2.98. The Balaban J connectivity index is 2.09. The molecule has 3 unspecified atom stereocenters. The van der Waals surface area contributed by atoms with Crippen LogP contribution in [0.4, 0.5) is 0 Å². The molecule has 0 N–H and O–H groups in total. The first-order chi connectivity index (χ1) is 10.2. The average molecular weight is 305 g/mol. The summed E-state index contributed by atoms with van der Waals surface area (Å²) in [6, 6.07) is 7.21. The molecule has 1 aliphatic carbocycles. The Kier molecular flexibility index (Phi) is 4.26. The summed E-state index contributed by atoms with van der Waals surface area (Å²) in [5.74, 6) is 3.38. The Morgan fingerprint density at radius 1 is 1.33 bits per heavy atom. The molecule has 0 radical (unpaired) electrons. The van der Waals surface area contributed by atoms with Crippen LogP contribution in [0.1, 0.15) is 50.5 Å². The second-order valence-electron chi connectivity index (χ2n) is 6.50. The van der Waals surface area contributed by atoms with Gasteiger partial charge in [-0.2, -0.15) is 0 Å². The van der Waals surface area contributed by atoms with Crippen molar-refractivity contribution >= 4 is 22.6 Å². The van der Waals surface area contributed by atoms with Crippen molar-refractivity contribution in [3.63, 3.8) is 0 Å². The van der Waals surface area contributed by atoms with E-state index in [9.17, 15) is 0 Å². The summed E-state index contributed by atoms with van der Waals surface area (Å²) in [5, 5.41) is 0. The summed E-state index contributed by atoms with van der Waals surface area (Å²) in [6.45, 7) is 6.86. The molecule has 0 bridgehead atoms. The molecule has 0 saturated heterocycles. The number of hydrogen-bond acceptors (Lipinski definition) is 1. The molecule has 0 amide bonds. The van der Waals surface area contributed by atoms with Gasteiger partial charge in [0.2, 0.25) is 0 Å². The van der Waals surface area contributed by atoms with Crippen LogP contribution in [0, 0.1) is 18.8 Å². The molecule has 1 saturated carbocycles. The third-order valence-corrected chi connectivity index (χ3v) is 5.46. The van der Waals surface area contributed by atoms with Gasteiger partial charge >= 0.3 is 0 Å². The molecular weight excluding hydrogens is 280 g/mol. The topological polar surface area (TPSA) is 17.8 Å². The number of alkyl halides is 1. The predicted octanol–water partition coefficient (Wildman–Crippen LogP) is 5.12. The molecule has 21 heavy (non-hydrogen) atoms. The first-order valence-corrected chi connectivity index (χ1v) is 8.72. The zero-order chi connectivity index (χ0) is 15.0. The van der Waals surface area contributed by atoms with Gasteiger partial charge < -0.3 is 4.57 Å². The summed E-state index contributed by atoms with van der Waals surface area (Å²) in [7, 11) is 0. The van der Waals surface area contributed by atoms with Gasteiger partial charge in [-0.1, -0.05) is 26.3 Å². The maximum Gasteiger partial charge on any atom is 0.111 e. The van der Waals surface area contributed by atoms with Crippen molar-refractivity contribution in [2.75, 3.05) is 5.88 Å². The SMILES string of the molecule is CCC1CCC(n2c(CCCl)nc3cc(C)ccc32)C1C. The minimum atomic E-state index is 0.584. The number of fused-ring (bicyclic) bond motifs is 1. The van der Waals surface area contributed by atoms with Gasteiger partial charge in [-0.05, 0) is 49.3 Å². The van der Waals surface area contributed by atoms with E-state index < -0.39 is 0 Å². The molecule has 3 atom stereocenters. The number of nitrogens with zero attached hydrogens (tertiary/aromatic N) is 2. The van der Waals surface area contributed by atoms with Crippen molar-refractivity contribution in [3.05, 3.63) is 29.6 Å². The van der Waals surface area contributed by atoms with Gasteiger partial charge in [-0.3, -0.25) is 0 Å². The number of benzene rings is 1. The van der Waals surface area contributed by atoms with Crippen LogP contribution in [-0.2, 0) is 6.42 Å². The molecule has 2 nitrogen and oxygen atoms in total. The molecule has 1 aromatic carbocycles. The molecule has 1 fully saturated rings. The quantitative estimate of drug-likeness (QED) is 0.717. The van der Waals surface area contributed by atoms with Crippen LogP contribution in [0.15, 0.2) is 18.2 Å². The Morgan fingerprint density at radius 3 is 2.81 bits per heavy atom. The minimum Gasteiger partial charge on any atom is -0.325 e. The van der Waals surface area contributed by atoms with Crippen molar-refractivity contribution < 1.29 is 0 Å². The van der Waals surface area contributed by atoms with Crippen LogP contribution in [0.25, 0.3) is 11.0 Å². The van der Waals surface area contributed by atoms with Crippen LogP contribution in [0.5, 0.6) is 0 Å². The van der Waals surface area contributed by atoms with E-state index in [1.165, 1.54) is 36.2 Å². The van der Waals surface area contributed by atoms with E-state index in [1.807, 2.05) is 0 Å². The van der Waals surface area contributed by atoms with E-state index in [-0.39, 0.29) is 0 Å². The van der Waals surface area contributed by atoms with Crippen molar-refractivity contribution in [1.29, 1.82) is 0 Å². The van der Waals surface area contributed by atoms with Crippen LogP contribution < -0.4 is 0 Å². The highest BCUT2D eigenvalue weighted by Gasteiger charge is 2.34. The van der Waals surface area contributed by atoms with Gasteiger partial charge in [0.05, 0.1) is 11.0 Å². The second-order valence-corrected chi connectivity index (χ2v) is 6.88. The highest BCUT2D eigenvalue weighted by atomic mass is 35.5. The van der Waals surface area contributed by atoms with Crippen LogP contribution in [-0.4, -0.2) is 15.4 Å². The van der Waals surface area contributed by atoms with Gasteiger partial charge in [-0.15, -0.1) is 11.6 Å². The first-order valence-electron chi connectivity index (χ1n) is 8.19. The monoisotopic (exact) mass is 304 g/mol. The van der Waals surface area contributed by atoms with Crippen LogP contribution >= 0.6 is 11.6 Å². The Labute approximate surface area is 132 Å². The van der Waals surface area contributed by atoms with E-state index in [2.05, 4.69) is 43.5 Å². The van der Waals surface area contributed by atoms with Gasteiger partial charge in [0.15, 0.2) is 0 Å². The van der Waals surface area contributed by atoms with Crippen LogP contribution in [0.3, 0.4) is 0 Å². The van der Waals surface area contributed by atoms with E-state index in [0.29, 0.717) is 11.9 Å². The molecule has 2 aromatic rings. The summed E-state index contributed by atoms with van der Waals surface area (Å²) in [6.07, 6.45) is 4.76. The molecule has 1 aliphatic rings. The predicted molar refractivity (Wildman–Crippen MR) is 90.1 cm³/mol. The number of aromatic nitrogens is 2. The molecular formula is C18H25ClN2. The van der Waals surface area contributed by atoms with Crippen LogP contribution in [0.2, 0.25) is 0 Å². The lowest BCUT2D eigenvalue weighted by molar-refractivity contribution is 0.329. The summed E-state index contributed by atoms with van der Waals surface area (Å²) < 4.78 is 2.50. The number of hydrogen-bond donors (Lipinski definition) is 0. The summed E-state index contributed by atoms with van der Waals surface area (Å²) in [5.41, 5.74) is 3.69. The third-order valence-electron chi connectivity index (χ3n) is 5.28. The molecule has 3 heteroatoms. The standard InChI is InChI=1S/C18H25ClN2/c1-4-14-6-8-16(13(14)3)21-17-7-5-12(2)11-15(17)20-18(21)9-10-19/h5,7,11,13-14,16H,4,6,8-10H2,1-3H3. The van der Waals surface area contributed by atoms with E-state index in [0.717, 1.165) is 23.8 Å². The lowest BCUT2D eigenvalue weighted by Crippen LogP contribution is -2.18. The van der Waals surface area contributed by atoms with Gasteiger partial charge in [0, 0.05) is 18.3 Å². The Bertz CT molecular complexity index is 631. The second kappa shape index (κ2) is 6.00. The lowest BCUT2D eigenvalue weighted by atomic mass is 9.93. The zero-order valence-corrected chi connectivity index (χ0v) is 14.0.